The zero-order chi connectivity index (χ0) is 16.5. The number of guanidine groups is 1. The molecule has 0 bridgehead atoms. The van der Waals surface area contributed by atoms with Crippen molar-refractivity contribution in [3.05, 3.63) is 65.7 Å². The van der Waals surface area contributed by atoms with Crippen LogP contribution in [0, 0.1) is 0 Å². The van der Waals surface area contributed by atoms with Gasteiger partial charge in [-0.15, -0.1) is 24.0 Å². The van der Waals surface area contributed by atoms with Crippen LogP contribution in [0.2, 0.25) is 0 Å². The molecule has 2 aromatic rings. The molecule has 130 valence electrons. The Kier molecular flexibility index (Phi) is 9.63. The quantitative estimate of drug-likeness (QED) is 0.380. The van der Waals surface area contributed by atoms with Crippen molar-refractivity contribution in [2.45, 2.75) is 19.1 Å². The van der Waals surface area contributed by atoms with Crippen molar-refractivity contribution in [1.29, 1.82) is 0 Å². The second-order valence-corrected chi connectivity index (χ2v) is 6.80. The topological polar surface area (TPSA) is 67.5 Å². The number of nitrogens with zero attached hydrogens (tertiary/aromatic N) is 1. The molecule has 2 aromatic carbocycles. The number of benzene rings is 2. The van der Waals surface area contributed by atoms with Crippen molar-refractivity contribution >= 4 is 46.4 Å². The number of halogens is 1. The minimum atomic E-state index is -0.929. The van der Waals surface area contributed by atoms with Crippen LogP contribution in [0.15, 0.2) is 59.6 Å². The summed E-state index contributed by atoms with van der Waals surface area (Å²) in [5, 5.41) is 3.07. The number of nitrogens with two attached hydrogens (primary N) is 1. The average Bonchev–Trinajstić information content (AvgIpc) is 2.56. The summed E-state index contributed by atoms with van der Waals surface area (Å²) < 4.78 is 12.0. The van der Waals surface area contributed by atoms with Gasteiger partial charge in [-0.05, 0) is 29.7 Å². The van der Waals surface area contributed by atoms with Gasteiger partial charge in [0.1, 0.15) is 0 Å². The molecule has 0 saturated carbocycles. The Morgan fingerprint density at radius 1 is 1.12 bits per heavy atom. The van der Waals surface area contributed by atoms with Gasteiger partial charge in [0.25, 0.3) is 0 Å². The van der Waals surface area contributed by atoms with Gasteiger partial charge in [0.05, 0.1) is 6.54 Å². The zero-order valence-corrected chi connectivity index (χ0v) is 16.9. The molecule has 24 heavy (non-hydrogen) atoms. The largest absolute Gasteiger partial charge is 0.370 e. The minimum absolute atomic E-state index is 0. The molecule has 1 atom stereocenters. The number of aliphatic imine (C=N–C) groups is 1. The summed E-state index contributed by atoms with van der Waals surface area (Å²) in [7, 11) is -0.929. The fourth-order valence-corrected chi connectivity index (χ4v) is 3.16. The molecule has 3 N–H and O–H groups in total. The van der Waals surface area contributed by atoms with E-state index in [1.807, 2.05) is 42.5 Å². The monoisotopic (exact) mass is 457 g/mol. The number of hydrogen-bond donors (Lipinski definition) is 2. The number of nitrogens with one attached hydrogen (secondary N) is 1. The standard InChI is InChI=1S/C18H23N3OS.HI/c1-2-15-9-6-10-17(13-15)21-18(19)20-11-12-23(22)14-16-7-4-3-5-8-16;/h3-10,13H,2,11-12,14H2,1H3,(H3,19,20,21);1H. The van der Waals surface area contributed by atoms with Crippen LogP contribution >= 0.6 is 24.0 Å². The Morgan fingerprint density at radius 2 is 1.83 bits per heavy atom. The van der Waals surface area contributed by atoms with Gasteiger partial charge < -0.3 is 11.1 Å². The molecule has 1 unspecified atom stereocenters. The van der Waals surface area contributed by atoms with Crippen LogP contribution in [0.1, 0.15) is 18.1 Å². The molecule has 0 spiro atoms. The summed E-state index contributed by atoms with van der Waals surface area (Å²) in [4.78, 5) is 4.25. The van der Waals surface area contributed by atoms with Gasteiger partial charge in [-0.3, -0.25) is 9.20 Å². The van der Waals surface area contributed by atoms with Crippen molar-refractivity contribution in [3.63, 3.8) is 0 Å². The maximum Gasteiger partial charge on any atom is 0.193 e. The molecular weight excluding hydrogens is 433 g/mol. The maximum atomic E-state index is 12.0. The highest BCUT2D eigenvalue weighted by Gasteiger charge is 2.01. The SMILES string of the molecule is CCc1cccc(NC(N)=NCCS(=O)Cc2ccccc2)c1.I. The van der Waals surface area contributed by atoms with Crippen LogP contribution in [0.3, 0.4) is 0 Å². The van der Waals surface area contributed by atoms with Crippen LogP contribution in [-0.2, 0) is 23.0 Å². The van der Waals surface area contributed by atoms with Gasteiger partial charge >= 0.3 is 0 Å². The van der Waals surface area contributed by atoms with Gasteiger partial charge in [-0.1, -0.05) is 49.4 Å². The molecule has 4 nitrogen and oxygen atoms in total. The number of rotatable bonds is 7. The van der Waals surface area contributed by atoms with Gasteiger partial charge in [0, 0.05) is 28.0 Å². The van der Waals surface area contributed by atoms with E-state index in [0.717, 1.165) is 17.7 Å². The predicted octanol–water partition coefficient (Wildman–Crippen LogP) is 3.54. The zero-order valence-electron chi connectivity index (χ0n) is 13.8. The van der Waals surface area contributed by atoms with E-state index < -0.39 is 10.8 Å². The number of anilines is 1. The van der Waals surface area contributed by atoms with Crippen molar-refractivity contribution in [2.75, 3.05) is 17.6 Å². The Morgan fingerprint density at radius 3 is 2.54 bits per heavy atom. The fourth-order valence-electron chi connectivity index (χ4n) is 2.16. The molecule has 0 aliphatic rings. The van der Waals surface area contributed by atoms with Gasteiger partial charge in [0.2, 0.25) is 0 Å². The lowest BCUT2D eigenvalue weighted by Gasteiger charge is -2.07. The molecule has 0 amide bonds. The highest BCUT2D eigenvalue weighted by atomic mass is 127. The van der Waals surface area contributed by atoms with Crippen molar-refractivity contribution in [1.82, 2.24) is 0 Å². The van der Waals surface area contributed by atoms with Crippen molar-refractivity contribution in [3.8, 4) is 0 Å². The van der Waals surface area contributed by atoms with E-state index in [0.29, 0.717) is 24.0 Å². The lowest BCUT2D eigenvalue weighted by molar-refractivity contribution is 0.682. The molecule has 0 aliphatic carbocycles. The summed E-state index contributed by atoms with van der Waals surface area (Å²) in [6.45, 7) is 2.56. The Hall–Kier alpha value is -1.41. The summed E-state index contributed by atoms with van der Waals surface area (Å²) >= 11 is 0. The summed E-state index contributed by atoms with van der Waals surface area (Å²) in [5.41, 5.74) is 9.13. The lowest BCUT2D eigenvalue weighted by atomic mass is 10.1. The smallest absolute Gasteiger partial charge is 0.193 e. The molecule has 0 radical (unpaired) electrons. The Labute approximate surface area is 163 Å². The first-order valence-electron chi connectivity index (χ1n) is 7.72. The third-order valence-corrected chi connectivity index (χ3v) is 4.67. The van der Waals surface area contributed by atoms with E-state index >= 15 is 0 Å². The van der Waals surface area contributed by atoms with E-state index in [1.165, 1.54) is 5.56 Å². The van der Waals surface area contributed by atoms with E-state index in [2.05, 4.69) is 29.4 Å². The first kappa shape index (κ1) is 20.6. The Bertz CT molecular complexity index is 677. The average molecular weight is 457 g/mol. The van der Waals surface area contributed by atoms with Crippen LogP contribution in [-0.4, -0.2) is 22.5 Å². The second-order valence-electron chi connectivity index (χ2n) is 5.22. The minimum Gasteiger partial charge on any atom is -0.370 e. The summed E-state index contributed by atoms with van der Waals surface area (Å²) in [6.07, 6.45) is 0.977. The molecule has 0 aliphatic heterocycles. The van der Waals surface area contributed by atoms with E-state index in [4.69, 9.17) is 5.73 Å². The third kappa shape index (κ3) is 7.44. The normalized spacial score (nSPS) is 12.3. The molecule has 0 fully saturated rings. The molecule has 2 rings (SSSR count). The molecule has 0 aromatic heterocycles. The molecule has 0 saturated heterocycles. The van der Waals surface area contributed by atoms with Crippen LogP contribution in [0.5, 0.6) is 0 Å². The maximum absolute atomic E-state index is 12.0. The van der Waals surface area contributed by atoms with Gasteiger partial charge in [-0.25, -0.2) is 0 Å². The number of hydrogen-bond acceptors (Lipinski definition) is 2. The third-order valence-electron chi connectivity index (χ3n) is 3.38. The highest BCUT2D eigenvalue weighted by Crippen LogP contribution is 2.10. The number of aryl methyl sites for hydroxylation is 1. The van der Waals surface area contributed by atoms with Crippen LogP contribution in [0.25, 0.3) is 0 Å². The molecular formula is C18H24IN3OS. The van der Waals surface area contributed by atoms with Crippen LogP contribution < -0.4 is 11.1 Å². The summed E-state index contributed by atoms with van der Waals surface area (Å²) in [5.74, 6) is 1.42. The molecule has 6 heteroatoms. The molecule has 0 heterocycles. The first-order chi connectivity index (χ1) is 11.2. The van der Waals surface area contributed by atoms with E-state index in [1.54, 1.807) is 0 Å². The lowest BCUT2D eigenvalue weighted by Crippen LogP contribution is -2.23. The van der Waals surface area contributed by atoms with E-state index in [9.17, 15) is 4.21 Å². The van der Waals surface area contributed by atoms with Crippen molar-refractivity contribution in [2.24, 2.45) is 10.7 Å². The second kappa shape index (κ2) is 11.2. The van der Waals surface area contributed by atoms with Crippen LogP contribution in [0.4, 0.5) is 5.69 Å². The highest BCUT2D eigenvalue weighted by molar-refractivity contribution is 14.0. The van der Waals surface area contributed by atoms with Gasteiger partial charge in [0.15, 0.2) is 5.96 Å². The van der Waals surface area contributed by atoms with E-state index in [-0.39, 0.29) is 24.0 Å². The predicted molar refractivity (Wildman–Crippen MR) is 115 cm³/mol. The van der Waals surface area contributed by atoms with Crippen molar-refractivity contribution < 1.29 is 4.21 Å². The van der Waals surface area contributed by atoms with Gasteiger partial charge in [-0.2, -0.15) is 0 Å². The first-order valence-corrected chi connectivity index (χ1v) is 9.21. The summed E-state index contributed by atoms with van der Waals surface area (Å²) in [6, 6.07) is 17.9. The fraction of sp³-hybridized carbons (Fsp3) is 0.278. The Balaban J connectivity index is 0.00000288.